The molecule has 0 spiro atoms. The van der Waals surface area contributed by atoms with Crippen LogP contribution in [-0.2, 0) is 18.9 Å². The minimum atomic E-state index is -0.643. The summed E-state index contributed by atoms with van der Waals surface area (Å²) in [6.45, 7) is 6.29. The molecule has 0 bridgehead atoms. The van der Waals surface area contributed by atoms with Crippen LogP contribution in [0.3, 0.4) is 0 Å². The van der Waals surface area contributed by atoms with Crippen molar-refractivity contribution >= 4 is 11.7 Å². The molecule has 1 unspecified atom stereocenters. The second-order valence-corrected chi connectivity index (χ2v) is 6.76. The third-order valence-electron chi connectivity index (χ3n) is 4.05. The normalized spacial score (nSPS) is 18.2. The van der Waals surface area contributed by atoms with Crippen LogP contribution in [0.1, 0.15) is 32.8 Å². The van der Waals surface area contributed by atoms with Crippen molar-refractivity contribution in [1.29, 1.82) is 5.26 Å². The number of amides is 1. The zero-order valence-corrected chi connectivity index (χ0v) is 14.0. The molecule has 2 heterocycles. The molecule has 1 N–H and O–H groups in total. The molecule has 0 aliphatic carbocycles. The molecule has 23 heavy (non-hydrogen) atoms. The van der Waals surface area contributed by atoms with Crippen molar-refractivity contribution in [3.05, 3.63) is 26.4 Å². The number of nitrogens with one attached hydrogen (secondary N) is 1. The van der Waals surface area contributed by atoms with E-state index in [1.54, 1.807) is 4.90 Å². The Bertz CT molecular complexity index is 807. The topological polar surface area (TPSA) is 100 Å². The molecule has 0 saturated carbocycles. The van der Waals surface area contributed by atoms with Gasteiger partial charge in [-0.2, -0.15) is 5.26 Å². The summed E-state index contributed by atoms with van der Waals surface area (Å²) >= 11 is 0. The summed E-state index contributed by atoms with van der Waals surface area (Å²) < 4.78 is 2.12. The summed E-state index contributed by atoms with van der Waals surface area (Å²) in [4.78, 5) is 38.0. The Morgan fingerprint density at radius 2 is 1.78 bits per heavy atom. The van der Waals surface area contributed by atoms with Crippen molar-refractivity contribution in [2.24, 2.45) is 14.1 Å². The van der Waals surface area contributed by atoms with Gasteiger partial charge in [-0.3, -0.25) is 18.7 Å². The van der Waals surface area contributed by atoms with Crippen LogP contribution >= 0.6 is 0 Å². The van der Waals surface area contributed by atoms with E-state index in [-0.39, 0.29) is 35.3 Å². The van der Waals surface area contributed by atoms with E-state index in [0.29, 0.717) is 6.54 Å². The van der Waals surface area contributed by atoms with E-state index in [9.17, 15) is 19.6 Å². The average Bonchev–Trinajstić information content (AvgIpc) is 2.84. The fraction of sp³-hybridized carbons (Fsp3) is 0.600. The van der Waals surface area contributed by atoms with Crippen LogP contribution in [0.4, 0.5) is 5.82 Å². The summed E-state index contributed by atoms with van der Waals surface area (Å²) in [5.74, 6) is 0.163. The van der Waals surface area contributed by atoms with Gasteiger partial charge in [0.2, 0.25) is 5.91 Å². The minimum absolute atomic E-state index is 0.00217. The van der Waals surface area contributed by atoms with Gasteiger partial charge in [0.1, 0.15) is 11.9 Å². The fourth-order valence-electron chi connectivity index (χ4n) is 2.76. The molecule has 8 nitrogen and oxygen atoms in total. The van der Waals surface area contributed by atoms with Crippen LogP contribution in [-0.4, -0.2) is 38.1 Å². The van der Waals surface area contributed by atoms with Gasteiger partial charge >= 0.3 is 5.69 Å². The number of anilines is 1. The first kappa shape index (κ1) is 16.8. The highest BCUT2D eigenvalue weighted by molar-refractivity contribution is 5.80. The van der Waals surface area contributed by atoms with Gasteiger partial charge in [0.25, 0.3) is 5.56 Å². The number of nitrogens with zero attached hydrogens (tertiary/aromatic N) is 4. The van der Waals surface area contributed by atoms with Gasteiger partial charge in [-0.05, 0) is 20.8 Å². The van der Waals surface area contributed by atoms with Crippen molar-refractivity contribution in [2.45, 2.75) is 38.8 Å². The van der Waals surface area contributed by atoms with E-state index >= 15 is 0 Å². The van der Waals surface area contributed by atoms with E-state index in [2.05, 4.69) is 5.32 Å². The van der Waals surface area contributed by atoms with Gasteiger partial charge in [-0.1, -0.05) is 0 Å². The molecule has 0 aromatic carbocycles. The highest BCUT2D eigenvalue weighted by Gasteiger charge is 2.36. The third kappa shape index (κ3) is 2.86. The van der Waals surface area contributed by atoms with Gasteiger partial charge in [0.15, 0.2) is 5.56 Å². The highest BCUT2D eigenvalue weighted by atomic mass is 16.2. The Kier molecular flexibility index (Phi) is 4.07. The smallest absolute Gasteiger partial charge is 0.332 e. The summed E-state index contributed by atoms with van der Waals surface area (Å²) in [5, 5.41) is 12.3. The summed E-state index contributed by atoms with van der Waals surface area (Å²) in [6.07, 6.45) is 0.255. The molecule has 1 aliphatic heterocycles. The predicted molar refractivity (Wildman–Crippen MR) is 85.1 cm³/mol. The van der Waals surface area contributed by atoms with Gasteiger partial charge in [0.05, 0.1) is 6.04 Å². The van der Waals surface area contributed by atoms with Crippen LogP contribution in [0.15, 0.2) is 9.59 Å². The van der Waals surface area contributed by atoms with E-state index < -0.39 is 11.2 Å². The highest BCUT2D eigenvalue weighted by Crippen LogP contribution is 2.24. The number of carbonyl (C=O) groups is 1. The number of hydrogen-bond donors (Lipinski definition) is 1. The Balaban J connectivity index is 2.40. The van der Waals surface area contributed by atoms with Crippen molar-refractivity contribution in [2.75, 3.05) is 11.9 Å². The molecule has 1 amide bonds. The molecule has 1 fully saturated rings. The first-order valence-electron chi connectivity index (χ1n) is 7.35. The Labute approximate surface area is 133 Å². The molecule has 1 saturated heterocycles. The van der Waals surface area contributed by atoms with Crippen molar-refractivity contribution in [3.63, 3.8) is 0 Å². The van der Waals surface area contributed by atoms with E-state index in [1.807, 2.05) is 26.8 Å². The van der Waals surface area contributed by atoms with Crippen LogP contribution in [0.25, 0.3) is 0 Å². The number of likely N-dealkylation sites (tertiary alicyclic amines) is 1. The largest absolute Gasteiger partial charge is 0.365 e. The molecule has 8 heteroatoms. The van der Waals surface area contributed by atoms with Gasteiger partial charge in [0, 0.05) is 32.6 Å². The first-order valence-corrected chi connectivity index (χ1v) is 7.35. The number of hydrogen-bond acceptors (Lipinski definition) is 5. The molecule has 1 aromatic rings. The van der Waals surface area contributed by atoms with Gasteiger partial charge in [-0.15, -0.1) is 0 Å². The number of rotatable bonds is 2. The van der Waals surface area contributed by atoms with Crippen LogP contribution < -0.4 is 16.6 Å². The maximum absolute atomic E-state index is 12.1. The lowest BCUT2D eigenvalue weighted by atomic mass is 10.1. The van der Waals surface area contributed by atoms with Gasteiger partial charge < -0.3 is 10.2 Å². The second kappa shape index (κ2) is 5.57. The van der Waals surface area contributed by atoms with E-state index in [0.717, 1.165) is 4.57 Å². The monoisotopic (exact) mass is 319 g/mol. The molecule has 1 aromatic heterocycles. The maximum Gasteiger partial charge on any atom is 0.332 e. The SMILES string of the molecule is Cn1c(NC2CC(=O)N(C(C)(C)C)C2)c(C#N)c(=O)n(C)c1=O. The predicted octanol–water partition coefficient (Wildman–Crippen LogP) is -0.233. The number of nitriles is 1. The molecule has 1 atom stereocenters. The zero-order chi connectivity index (χ0) is 17.5. The summed E-state index contributed by atoms with van der Waals surface area (Å²) in [7, 11) is 2.82. The average molecular weight is 319 g/mol. The molecular formula is C15H21N5O3. The number of aromatic nitrogens is 2. The Hall–Kier alpha value is -2.56. The van der Waals surface area contributed by atoms with Gasteiger partial charge in [-0.25, -0.2) is 4.79 Å². The Morgan fingerprint density at radius 1 is 1.17 bits per heavy atom. The molecule has 0 radical (unpaired) electrons. The molecule has 1 aliphatic rings. The first-order chi connectivity index (χ1) is 10.6. The quantitative estimate of drug-likeness (QED) is 0.811. The standard InChI is InChI=1S/C15H21N5O3/c1-15(2,3)20-8-9(6-11(20)21)17-12-10(7-16)13(22)19(5)14(23)18(12)4/h9,17H,6,8H2,1-5H3. The maximum atomic E-state index is 12.1. The van der Waals surface area contributed by atoms with Crippen molar-refractivity contribution in [1.82, 2.24) is 14.0 Å². The Morgan fingerprint density at radius 3 is 2.26 bits per heavy atom. The third-order valence-corrected chi connectivity index (χ3v) is 4.05. The van der Waals surface area contributed by atoms with Crippen LogP contribution in [0.5, 0.6) is 0 Å². The van der Waals surface area contributed by atoms with E-state index in [1.165, 1.54) is 18.7 Å². The molecule has 2 rings (SSSR count). The molecule has 124 valence electrons. The number of carbonyl (C=O) groups excluding carboxylic acids is 1. The van der Waals surface area contributed by atoms with Crippen LogP contribution in [0, 0.1) is 11.3 Å². The van der Waals surface area contributed by atoms with Crippen molar-refractivity contribution in [3.8, 4) is 6.07 Å². The minimum Gasteiger partial charge on any atom is -0.365 e. The molecular weight excluding hydrogens is 298 g/mol. The zero-order valence-electron chi connectivity index (χ0n) is 14.0. The second-order valence-electron chi connectivity index (χ2n) is 6.76. The fourth-order valence-corrected chi connectivity index (χ4v) is 2.76. The summed E-state index contributed by atoms with van der Waals surface area (Å²) in [6, 6.07) is 1.59. The van der Waals surface area contributed by atoms with Crippen molar-refractivity contribution < 1.29 is 4.79 Å². The lowest BCUT2D eigenvalue weighted by Crippen LogP contribution is -2.44. The lowest BCUT2D eigenvalue weighted by molar-refractivity contribution is -0.131. The lowest BCUT2D eigenvalue weighted by Gasteiger charge is -2.32. The summed E-state index contributed by atoms with van der Waals surface area (Å²) in [5.41, 5.74) is -1.59. The van der Waals surface area contributed by atoms with E-state index in [4.69, 9.17) is 0 Å². The van der Waals surface area contributed by atoms with Crippen LogP contribution in [0.2, 0.25) is 0 Å².